The maximum Gasteiger partial charge on any atom is 0.220 e. The van der Waals surface area contributed by atoms with Crippen molar-refractivity contribution in [2.45, 2.75) is 39.3 Å². The zero-order valence-corrected chi connectivity index (χ0v) is 14.3. The van der Waals surface area contributed by atoms with Crippen LogP contribution >= 0.6 is 0 Å². The monoisotopic (exact) mass is 328 g/mol. The van der Waals surface area contributed by atoms with E-state index in [4.69, 9.17) is 4.42 Å². The number of oxazole rings is 1. The molecule has 0 radical (unpaired) electrons. The molecule has 1 amide bonds. The Kier molecular flexibility index (Phi) is 5.25. The Morgan fingerprint density at radius 3 is 2.88 bits per heavy atom. The SMILES string of the molecule is CC(=O)N(Cc1ncc(C)o1)[C@H]1CCN(CCc2ccncc2)C1. The number of hydrogen-bond acceptors (Lipinski definition) is 5. The van der Waals surface area contributed by atoms with Crippen molar-refractivity contribution in [3.05, 3.63) is 47.9 Å². The molecule has 0 aliphatic carbocycles. The Balaban J connectivity index is 1.55. The Bertz CT molecular complexity index is 671. The maximum absolute atomic E-state index is 12.1. The number of rotatable bonds is 6. The van der Waals surface area contributed by atoms with Gasteiger partial charge in [-0.2, -0.15) is 0 Å². The molecule has 6 heteroatoms. The lowest BCUT2D eigenvalue weighted by molar-refractivity contribution is -0.132. The van der Waals surface area contributed by atoms with Crippen LogP contribution in [-0.2, 0) is 17.8 Å². The van der Waals surface area contributed by atoms with Crippen LogP contribution in [0.1, 0.15) is 30.6 Å². The minimum Gasteiger partial charge on any atom is -0.444 e. The number of carbonyl (C=O) groups excluding carboxylic acids is 1. The first kappa shape index (κ1) is 16.6. The summed E-state index contributed by atoms with van der Waals surface area (Å²) in [5.41, 5.74) is 1.30. The molecule has 0 bridgehead atoms. The van der Waals surface area contributed by atoms with Crippen LogP contribution in [0.2, 0.25) is 0 Å². The van der Waals surface area contributed by atoms with E-state index >= 15 is 0 Å². The lowest BCUT2D eigenvalue weighted by Gasteiger charge is -2.27. The first-order chi connectivity index (χ1) is 11.6. The molecule has 1 aliphatic heterocycles. The van der Waals surface area contributed by atoms with Crippen molar-refractivity contribution in [3.63, 3.8) is 0 Å². The number of aryl methyl sites for hydroxylation is 1. The quantitative estimate of drug-likeness (QED) is 0.812. The third kappa shape index (κ3) is 4.20. The fourth-order valence-corrected chi connectivity index (χ4v) is 3.22. The molecule has 2 aromatic rings. The molecule has 2 aromatic heterocycles. The Labute approximate surface area is 142 Å². The van der Waals surface area contributed by atoms with E-state index in [9.17, 15) is 4.79 Å². The van der Waals surface area contributed by atoms with Crippen molar-refractivity contribution >= 4 is 5.91 Å². The third-order valence-corrected chi connectivity index (χ3v) is 4.53. The zero-order chi connectivity index (χ0) is 16.9. The van der Waals surface area contributed by atoms with E-state index in [2.05, 4.69) is 27.0 Å². The van der Waals surface area contributed by atoms with E-state index in [-0.39, 0.29) is 11.9 Å². The van der Waals surface area contributed by atoms with Crippen molar-refractivity contribution < 1.29 is 9.21 Å². The van der Waals surface area contributed by atoms with Gasteiger partial charge in [-0.25, -0.2) is 4.98 Å². The first-order valence-electron chi connectivity index (χ1n) is 8.41. The van der Waals surface area contributed by atoms with Crippen LogP contribution in [-0.4, -0.2) is 51.4 Å². The summed E-state index contributed by atoms with van der Waals surface area (Å²) in [6.07, 6.45) is 7.36. The summed E-state index contributed by atoms with van der Waals surface area (Å²) >= 11 is 0. The summed E-state index contributed by atoms with van der Waals surface area (Å²) in [6, 6.07) is 4.34. The molecular formula is C18H24N4O2. The first-order valence-corrected chi connectivity index (χ1v) is 8.41. The molecular weight excluding hydrogens is 304 g/mol. The van der Waals surface area contributed by atoms with Gasteiger partial charge in [0.1, 0.15) is 5.76 Å². The summed E-state index contributed by atoms with van der Waals surface area (Å²) in [4.78, 5) is 24.6. The molecule has 0 aromatic carbocycles. The topological polar surface area (TPSA) is 62.5 Å². The van der Waals surface area contributed by atoms with Crippen molar-refractivity contribution in [1.29, 1.82) is 0 Å². The summed E-state index contributed by atoms with van der Waals surface area (Å²) in [5, 5.41) is 0. The molecule has 0 unspecified atom stereocenters. The highest BCUT2D eigenvalue weighted by atomic mass is 16.4. The predicted octanol–water partition coefficient (Wildman–Crippen LogP) is 2.04. The van der Waals surface area contributed by atoms with Crippen LogP contribution in [0.25, 0.3) is 0 Å². The fraction of sp³-hybridized carbons (Fsp3) is 0.500. The smallest absolute Gasteiger partial charge is 0.220 e. The van der Waals surface area contributed by atoms with Gasteiger partial charge >= 0.3 is 0 Å². The van der Waals surface area contributed by atoms with Gasteiger partial charge in [-0.1, -0.05) is 0 Å². The van der Waals surface area contributed by atoms with Crippen LogP contribution in [0.5, 0.6) is 0 Å². The lowest BCUT2D eigenvalue weighted by atomic mass is 10.2. The van der Waals surface area contributed by atoms with Gasteiger partial charge in [-0.3, -0.25) is 9.78 Å². The second-order valence-corrected chi connectivity index (χ2v) is 6.36. The number of likely N-dealkylation sites (tertiary alicyclic amines) is 1. The summed E-state index contributed by atoms with van der Waals surface area (Å²) in [7, 11) is 0. The molecule has 1 fully saturated rings. The Morgan fingerprint density at radius 1 is 1.42 bits per heavy atom. The molecule has 1 aliphatic rings. The second kappa shape index (κ2) is 7.57. The molecule has 6 nitrogen and oxygen atoms in total. The minimum absolute atomic E-state index is 0.0758. The highest BCUT2D eigenvalue weighted by molar-refractivity contribution is 5.73. The van der Waals surface area contributed by atoms with Gasteiger partial charge in [-0.15, -0.1) is 0 Å². The van der Waals surface area contributed by atoms with Gasteiger partial charge in [-0.05, 0) is 37.5 Å². The van der Waals surface area contributed by atoms with Gasteiger partial charge in [0.05, 0.1) is 12.7 Å². The summed E-state index contributed by atoms with van der Waals surface area (Å²) < 4.78 is 5.53. The molecule has 128 valence electrons. The van der Waals surface area contributed by atoms with E-state index in [1.807, 2.05) is 24.2 Å². The number of amides is 1. The van der Waals surface area contributed by atoms with Gasteiger partial charge in [0.2, 0.25) is 11.8 Å². The fourth-order valence-electron chi connectivity index (χ4n) is 3.22. The number of nitrogens with zero attached hydrogens (tertiary/aromatic N) is 4. The molecule has 3 rings (SSSR count). The average Bonchev–Trinajstić information content (AvgIpc) is 3.20. The Morgan fingerprint density at radius 2 is 2.21 bits per heavy atom. The molecule has 24 heavy (non-hydrogen) atoms. The van der Waals surface area contributed by atoms with Crippen molar-refractivity contribution in [2.24, 2.45) is 0 Å². The minimum atomic E-state index is 0.0758. The predicted molar refractivity (Wildman–Crippen MR) is 90.3 cm³/mol. The van der Waals surface area contributed by atoms with E-state index in [0.717, 1.165) is 38.2 Å². The van der Waals surface area contributed by atoms with Gasteiger partial charge in [0.15, 0.2) is 0 Å². The van der Waals surface area contributed by atoms with Crippen LogP contribution in [0, 0.1) is 6.92 Å². The van der Waals surface area contributed by atoms with Crippen molar-refractivity contribution in [1.82, 2.24) is 19.8 Å². The van der Waals surface area contributed by atoms with Crippen molar-refractivity contribution in [3.8, 4) is 0 Å². The molecule has 1 saturated heterocycles. The van der Waals surface area contributed by atoms with Gasteiger partial charge < -0.3 is 14.2 Å². The third-order valence-electron chi connectivity index (χ3n) is 4.53. The van der Waals surface area contributed by atoms with Crippen LogP contribution in [0.4, 0.5) is 0 Å². The molecule has 3 heterocycles. The molecule has 1 atom stereocenters. The average molecular weight is 328 g/mol. The van der Waals surface area contributed by atoms with E-state index in [1.165, 1.54) is 5.56 Å². The number of aromatic nitrogens is 2. The van der Waals surface area contributed by atoms with E-state index < -0.39 is 0 Å². The van der Waals surface area contributed by atoms with Crippen LogP contribution < -0.4 is 0 Å². The van der Waals surface area contributed by atoms with Crippen LogP contribution in [0.3, 0.4) is 0 Å². The zero-order valence-electron chi connectivity index (χ0n) is 14.3. The Hall–Kier alpha value is -2.21. The largest absolute Gasteiger partial charge is 0.444 e. The van der Waals surface area contributed by atoms with Crippen LogP contribution in [0.15, 0.2) is 35.1 Å². The maximum atomic E-state index is 12.1. The highest BCUT2D eigenvalue weighted by Gasteiger charge is 2.29. The van der Waals surface area contributed by atoms with E-state index in [0.29, 0.717) is 12.4 Å². The number of pyridine rings is 1. The number of hydrogen-bond donors (Lipinski definition) is 0. The second-order valence-electron chi connectivity index (χ2n) is 6.36. The standard InChI is InChI=1S/C18H24N4O2/c1-14-11-20-18(24-14)13-22(15(2)23)17-6-10-21(12-17)9-5-16-3-7-19-8-4-16/h3-4,7-8,11,17H,5-6,9-10,12-13H2,1-2H3/t17-/m0/s1. The lowest BCUT2D eigenvalue weighted by Crippen LogP contribution is -2.40. The summed E-state index contributed by atoms with van der Waals surface area (Å²) in [6.45, 7) is 6.87. The van der Waals surface area contributed by atoms with Gasteiger partial charge in [0, 0.05) is 45.0 Å². The van der Waals surface area contributed by atoms with Crippen molar-refractivity contribution in [2.75, 3.05) is 19.6 Å². The molecule has 0 saturated carbocycles. The number of carbonyl (C=O) groups is 1. The highest BCUT2D eigenvalue weighted by Crippen LogP contribution is 2.19. The normalized spacial score (nSPS) is 18.0. The molecule has 0 spiro atoms. The van der Waals surface area contributed by atoms with Gasteiger partial charge in [0.25, 0.3) is 0 Å². The summed E-state index contributed by atoms with van der Waals surface area (Å²) in [5.74, 6) is 1.46. The molecule has 0 N–H and O–H groups in total. The van der Waals surface area contributed by atoms with E-state index in [1.54, 1.807) is 13.1 Å².